The lowest BCUT2D eigenvalue weighted by Gasteiger charge is -2.24. The SMILES string of the molecule is O=COC1CCc2cc(O)ccc2O1. The molecule has 0 saturated heterocycles. The third-order valence-electron chi connectivity index (χ3n) is 2.16. The summed E-state index contributed by atoms with van der Waals surface area (Å²) in [5.74, 6) is 0.892. The fraction of sp³-hybridized carbons (Fsp3) is 0.300. The van der Waals surface area contributed by atoms with Crippen molar-refractivity contribution in [1.82, 2.24) is 0 Å². The molecule has 4 nitrogen and oxygen atoms in total. The Balaban J connectivity index is 2.18. The lowest BCUT2D eigenvalue weighted by Crippen LogP contribution is -2.25. The normalized spacial score (nSPS) is 19.3. The van der Waals surface area contributed by atoms with Crippen LogP contribution < -0.4 is 4.74 Å². The van der Waals surface area contributed by atoms with E-state index in [1.54, 1.807) is 18.2 Å². The molecule has 1 unspecified atom stereocenters. The van der Waals surface area contributed by atoms with E-state index in [0.29, 0.717) is 18.6 Å². The Morgan fingerprint density at radius 1 is 1.57 bits per heavy atom. The fourth-order valence-electron chi connectivity index (χ4n) is 1.51. The van der Waals surface area contributed by atoms with Crippen molar-refractivity contribution < 1.29 is 19.4 Å². The van der Waals surface area contributed by atoms with Crippen molar-refractivity contribution in [2.45, 2.75) is 19.1 Å². The summed E-state index contributed by atoms with van der Waals surface area (Å²) in [5.41, 5.74) is 0.941. The van der Waals surface area contributed by atoms with Gasteiger partial charge in [-0.25, -0.2) is 0 Å². The molecule has 0 saturated carbocycles. The van der Waals surface area contributed by atoms with Crippen molar-refractivity contribution in [3.8, 4) is 11.5 Å². The van der Waals surface area contributed by atoms with Gasteiger partial charge < -0.3 is 14.6 Å². The van der Waals surface area contributed by atoms with Crippen LogP contribution in [0.15, 0.2) is 18.2 Å². The molecule has 4 heteroatoms. The van der Waals surface area contributed by atoms with E-state index in [1.165, 1.54) is 0 Å². The van der Waals surface area contributed by atoms with Crippen molar-refractivity contribution in [1.29, 1.82) is 0 Å². The van der Waals surface area contributed by atoms with E-state index in [1.807, 2.05) is 0 Å². The zero-order valence-corrected chi connectivity index (χ0v) is 7.47. The van der Waals surface area contributed by atoms with Gasteiger partial charge >= 0.3 is 0 Å². The van der Waals surface area contributed by atoms with Gasteiger partial charge in [-0.3, -0.25) is 4.79 Å². The third-order valence-corrected chi connectivity index (χ3v) is 2.16. The molecule has 1 aromatic rings. The van der Waals surface area contributed by atoms with Crippen LogP contribution in [0.2, 0.25) is 0 Å². The molecule has 1 aliphatic rings. The maximum absolute atomic E-state index is 10.1. The number of carbonyl (C=O) groups is 1. The summed E-state index contributed by atoms with van der Waals surface area (Å²) in [6, 6.07) is 4.87. The number of benzene rings is 1. The number of phenolic OH excluding ortho intramolecular Hbond substituents is 1. The van der Waals surface area contributed by atoms with E-state index in [4.69, 9.17) is 9.47 Å². The molecule has 0 radical (unpaired) electrons. The van der Waals surface area contributed by atoms with Crippen molar-refractivity contribution >= 4 is 6.47 Å². The third kappa shape index (κ3) is 1.64. The van der Waals surface area contributed by atoms with Gasteiger partial charge in [-0.2, -0.15) is 0 Å². The Kier molecular flexibility index (Phi) is 2.26. The molecule has 1 atom stereocenters. The molecule has 0 aliphatic carbocycles. The second-order valence-electron chi connectivity index (χ2n) is 3.11. The largest absolute Gasteiger partial charge is 0.508 e. The van der Waals surface area contributed by atoms with Crippen LogP contribution in [-0.4, -0.2) is 17.9 Å². The lowest BCUT2D eigenvalue weighted by atomic mass is 10.1. The highest BCUT2D eigenvalue weighted by molar-refractivity contribution is 5.42. The Hall–Kier alpha value is -1.71. The summed E-state index contributed by atoms with van der Waals surface area (Å²) < 4.78 is 10.1. The van der Waals surface area contributed by atoms with Gasteiger partial charge in [-0.05, 0) is 30.2 Å². The van der Waals surface area contributed by atoms with Crippen LogP contribution in [0.1, 0.15) is 12.0 Å². The van der Waals surface area contributed by atoms with Gasteiger partial charge in [0.2, 0.25) is 6.29 Å². The highest BCUT2D eigenvalue weighted by Crippen LogP contribution is 2.30. The summed E-state index contributed by atoms with van der Waals surface area (Å²) in [5, 5.41) is 9.21. The summed E-state index contributed by atoms with van der Waals surface area (Å²) in [4.78, 5) is 10.1. The van der Waals surface area contributed by atoms with E-state index in [-0.39, 0.29) is 5.75 Å². The summed E-state index contributed by atoms with van der Waals surface area (Å²) in [7, 11) is 0. The minimum absolute atomic E-state index is 0.224. The summed E-state index contributed by atoms with van der Waals surface area (Å²) >= 11 is 0. The zero-order valence-electron chi connectivity index (χ0n) is 7.47. The molecular formula is C10H10O4. The van der Waals surface area contributed by atoms with Crippen LogP contribution in [0.3, 0.4) is 0 Å². The second kappa shape index (κ2) is 3.57. The van der Waals surface area contributed by atoms with Gasteiger partial charge in [-0.15, -0.1) is 0 Å². The summed E-state index contributed by atoms with van der Waals surface area (Å²) in [6.07, 6.45) is 0.863. The number of ether oxygens (including phenoxy) is 2. The van der Waals surface area contributed by atoms with Gasteiger partial charge in [0.05, 0.1) is 0 Å². The smallest absolute Gasteiger partial charge is 0.296 e. The van der Waals surface area contributed by atoms with Crippen LogP contribution in [0.25, 0.3) is 0 Å². The first kappa shape index (κ1) is 8.87. The number of carbonyl (C=O) groups excluding carboxylic acids is 1. The molecule has 74 valence electrons. The zero-order chi connectivity index (χ0) is 9.97. The van der Waals surface area contributed by atoms with Gasteiger partial charge in [-0.1, -0.05) is 0 Å². The molecule has 1 aliphatic heterocycles. The first-order valence-corrected chi connectivity index (χ1v) is 4.37. The number of hydrogen-bond acceptors (Lipinski definition) is 4. The Bertz CT molecular complexity index is 348. The minimum Gasteiger partial charge on any atom is -0.508 e. The van der Waals surface area contributed by atoms with Crippen LogP contribution >= 0.6 is 0 Å². The first-order valence-electron chi connectivity index (χ1n) is 4.37. The Morgan fingerprint density at radius 3 is 3.21 bits per heavy atom. The number of fused-ring (bicyclic) bond motifs is 1. The molecule has 14 heavy (non-hydrogen) atoms. The van der Waals surface area contributed by atoms with Gasteiger partial charge in [0, 0.05) is 6.42 Å². The Morgan fingerprint density at radius 2 is 2.43 bits per heavy atom. The molecule has 0 spiro atoms. The fourth-order valence-corrected chi connectivity index (χ4v) is 1.51. The first-order chi connectivity index (χ1) is 6.79. The number of aryl methyl sites for hydroxylation is 1. The van der Waals surface area contributed by atoms with E-state index < -0.39 is 6.29 Å². The van der Waals surface area contributed by atoms with Crippen LogP contribution in [0.5, 0.6) is 11.5 Å². The minimum atomic E-state index is -0.496. The molecule has 0 amide bonds. The number of hydrogen-bond donors (Lipinski definition) is 1. The summed E-state index contributed by atoms with van der Waals surface area (Å²) in [6.45, 7) is 0.385. The molecule has 1 aromatic carbocycles. The molecule has 0 fully saturated rings. The average Bonchev–Trinajstić information content (AvgIpc) is 2.19. The average molecular weight is 194 g/mol. The predicted molar refractivity (Wildman–Crippen MR) is 48.0 cm³/mol. The number of rotatable bonds is 2. The highest BCUT2D eigenvalue weighted by atomic mass is 16.7. The van der Waals surface area contributed by atoms with Gasteiger partial charge in [0.1, 0.15) is 11.5 Å². The lowest BCUT2D eigenvalue weighted by molar-refractivity contribution is -0.149. The molecule has 1 N–H and O–H groups in total. The second-order valence-corrected chi connectivity index (χ2v) is 3.11. The van der Waals surface area contributed by atoms with Crippen molar-refractivity contribution in [2.75, 3.05) is 0 Å². The maximum Gasteiger partial charge on any atom is 0.296 e. The number of aromatic hydroxyl groups is 1. The van der Waals surface area contributed by atoms with Crippen LogP contribution in [-0.2, 0) is 16.0 Å². The van der Waals surface area contributed by atoms with Gasteiger partial charge in [0.15, 0.2) is 0 Å². The van der Waals surface area contributed by atoms with E-state index >= 15 is 0 Å². The molecular weight excluding hydrogens is 184 g/mol. The monoisotopic (exact) mass is 194 g/mol. The quantitative estimate of drug-likeness (QED) is 0.719. The topological polar surface area (TPSA) is 55.8 Å². The number of phenols is 1. The van der Waals surface area contributed by atoms with E-state index in [0.717, 1.165) is 12.0 Å². The van der Waals surface area contributed by atoms with Crippen LogP contribution in [0, 0.1) is 0 Å². The molecule has 0 aromatic heterocycles. The molecule has 2 rings (SSSR count). The van der Waals surface area contributed by atoms with Gasteiger partial charge in [0.25, 0.3) is 6.47 Å². The standard InChI is InChI=1S/C10H10O4/c11-6-13-10-4-1-7-5-8(12)2-3-9(7)14-10/h2-3,5-6,10,12H,1,4H2. The molecule has 0 bridgehead atoms. The van der Waals surface area contributed by atoms with Crippen molar-refractivity contribution in [3.05, 3.63) is 23.8 Å². The molecule has 1 heterocycles. The van der Waals surface area contributed by atoms with E-state index in [2.05, 4.69) is 0 Å². The predicted octanol–water partition coefficient (Wildman–Crippen LogP) is 1.22. The van der Waals surface area contributed by atoms with Crippen LogP contribution in [0.4, 0.5) is 0 Å². The van der Waals surface area contributed by atoms with Crippen molar-refractivity contribution in [3.63, 3.8) is 0 Å². The van der Waals surface area contributed by atoms with Crippen molar-refractivity contribution in [2.24, 2.45) is 0 Å². The maximum atomic E-state index is 10.1. The van der Waals surface area contributed by atoms with E-state index in [9.17, 15) is 9.90 Å². The Labute approximate surface area is 81.1 Å². The highest BCUT2D eigenvalue weighted by Gasteiger charge is 2.20.